The van der Waals surface area contributed by atoms with Gasteiger partial charge in [-0.2, -0.15) is 0 Å². The second-order valence-electron chi connectivity index (χ2n) is 6.40. The smallest absolute Gasteiger partial charge is 0.195 e. The number of guanidine groups is 1. The maximum absolute atomic E-state index is 5.64. The lowest BCUT2D eigenvalue weighted by Crippen LogP contribution is -2.30. The highest BCUT2D eigenvalue weighted by molar-refractivity contribution is 14.0. The van der Waals surface area contributed by atoms with E-state index in [1.165, 1.54) is 11.3 Å². The molecule has 0 atom stereocenters. The molecule has 1 aliphatic rings. The molecule has 29 heavy (non-hydrogen) atoms. The standard InChI is InChI=1S/C22H28N4O2.HI/c1-4-28-21-15-18(10-11-20(21)27-3)25-22(23-2)24-16-17-8-7-9-19(14-17)26-12-5-6-13-26;/h5-11,14-15H,4,12-13,16H2,1-3H3,(H2,23,24,25);1H. The first-order chi connectivity index (χ1) is 13.7. The van der Waals surface area contributed by atoms with E-state index in [1.807, 2.05) is 25.1 Å². The Labute approximate surface area is 190 Å². The molecular weight excluding hydrogens is 479 g/mol. The largest absolute Gasteiger partial charge is 0.493 e. The van der Waals surface area contributed by atoms with Gasteiger partial charge in [0.25, 0.3) is 0 Å². The minimum atomic E-state index is 0. The van der Waals surface area contributed by atoms with Gasteiger partial charge in [0, 0.05) is 44.1 Å². The third kappa shape index (κ3) is 6.28. The molecule has 0 saturated heterocycles. The van der Waals surface area contributed by atoms with Crippen molar-refractivity contribution in [2.45, 2.75) is 13.5 Å². The van der Waals surface area contributed by atoms with Crippen molar-refractivity contribution in [3.05, 3.63) is 60.2 Å². The molecule has 2 aromatic carbocycles. The first kappa shape index (κ1) is 22.9. The highest BCUT2D eigenvalue weighted by Crippen LogP contribution is 2.30. The van der Waals surface area contributed by atoms with E-state index >= 15 is 0 Å². The summed E-state index contributed by atoms with van der Waals surface area (Å²) in [6.07, 6.45) is 4.39. The molecule has 0 fully saturated rings. The van der Waals surface area contributed by atoms with Gasteiger partial charge in [-0.1, -0.05) is 24.3 Å². The summed E-state index contributed by atoms with van der Waals surface area (Å²) in [5.74, 6) is 2.11. The van der Waals surface area contributed by atoms with Gasteiger partial charge < -0.3 is 25.0 Å². The van der Waals surface area contributed by atoms with Gasteiger partial charge in [-0.15, -0.1) is 24.0 Å². The summed E-state index contributed by atoms with van der Waals surface area (Å²) < 4.78 is 11.0. The molecule has 2 N–H and O–H groups in total. The van der Waals surface area contributed by atoms with Crippen LogP contribution in [0.3, 0.4) is 0 Å². The fourth-order valence-corrected chi connectivity index (χ4v) is 3.08. The van der Waals surface area contributed by atoms with Crippen LogP contribution in [0.5, 0.6) is 11.5 Å². The number of aliphatic imine (C=N–C) groups is 1. The van der Waals surface area contributed by atoms with Crippen molar-refractivity contribution in [3.8, 4) is 11.5 Å². The molecule has 0 aromatic heterocycles. The highest BCUT2D eigenvalue weighted by Gasteiger charge is 2.09. The molecule has 1 heterocycles. The topological polar surface area (TPSA) is 58.1 Å². The molecule has 6 nitrogen and oxygen atoms in total. The van der Waals surface area contributed by atoms with Gasteiger partial charge in [0.1, 0.15) is 0 Å². The fourth-order valence-electron chi connectivity index (χ4n) is 3.08. The van der Waals surface area contributed by atoms with Crippen LogP contribution in [0, 0.1) is 0 Å². The molecule has 0 spiro atoms. The summed E-state index contributed by atoms with van der Waals surface area (Å²) in [5.41, 5.74) is 3.33. The monoisotopic (exact) mass is 508 g/mol. The van der Waals surface area contributed by atoms with E-state index in [1.54, 1.807) is 14.2 Å². The highest BCUT2D eigenvalue weighted by atomic mass is 127. The normalized spacial score (nSPS) is 13.1. The second kappa shape index (κ2) is 11.5. The summed E-state index contributed by atoms with van der Waals surface area (Å²) in [4.78, 5) is 6.65. The molecule has 156 valence electrons. The lowest BCUT2D eigenvalue weighted by atomic mass is 10.2. The van der Waals surface area contributed by atoms with Crippen molar-refractivity contribution >= 4 is 41.3 Å². The zero-order valence-corrected chi connectivity index (χ0v) is 19.5. The number of methoxy groups -OCH3 is 1. The van der Waals surface area contributed by atoms with Crippen LogP contribution in [0.1, 0.15) is 12.5 Å². The maximum Gasteiger partial charge on any atom is 0.195 e. The van der Waals surface area contributed by atoms with Crippen molar-refractivity contribution in [1.82, 2.24) is 5.32 Å². The Kier molecular flexibility index (Phi) is 9.11. The van der Waals surface area contributed by atoms with Crippen molar-refractivity contribution in [2.24, 2.45) is 4.99 Å². The molecule has 1 aliphatic heterocycles. The SMILES string of the molecule is CCOc1cc(NC(=NC)NCc2cccc(N3CC=CC3)c2)ccc1OC.I. The Morgan fingerprint density at radius 1 is 1.10 bits per heavy atom. The minimum absolute atomic E-state index is 0. The Bertz CT molecular complexity index is 846. The number of ether oxygens (including phenoxy) is 2. The average molecular weight is 508 g/mol. The Morgan fingerprint density at radius 3 is 2.59 bits per heavy atom. The van der Waals surface area contributed by atoms with Crippen LogP contribution in [0.4, 0.5) is 11.4 Å². The molecule has 0 aliphatic carbocycles. The molecular formula is C22H29IN4O2. The predicted molar refractivity (Wildman–Crippen MR) is 131 cm³/mol. The second-order valence-corrected chi connectivity index (χ2v) is 6.40. The fraction of sp³-hybridized carbons (Fsp3) is 0.318. The van der Waals surface area contributed by atoms with E-state index in [2.05, 4.69) is 56.9 Å². The van der Waals surface area contributed by atoms with Crippen LogP contribution >= 0.6 is 24.0 Å². The third-order valence-electron chi connectivity index (χ3n) is 4.50. The van der Waals surface area contributed by atoms with Crippen LogP contribution in [0.25, 0.3) is 0 Å². The number of nitrogens with one attached hydrogen (secondary N) is 2. The van der Waals surface area contributed by atoms with E-state index in [-0.39, 0.29) is 24.0 Å². The number of hydrogen-bond donors (Lipinski definition) is 2. The number of anilines is 2. The molecule has 2 aromatic rings. The number of rotatable bonds is 7. The van der Waals surface area contributed by atoms with Gasteiger partial charge >= 0.3 is 0 Å². The van der Waals surface area contributed by atoms with Crippen LogP contribution < -0.4 is 25.0 Å². The molecule has 0 saturated carbocycles. The Morgan fingerprint density at radius 2 is 1.90 bits per heavy atom. The number of hydrogen-bond acceptors (Lipinski definition) is 4. The summed E-state index contributed by atoms with van der Waals surface area (Å²) in [7, 11) is 3.40. The molecule has 0 unspecified atom stereocenters. The zero-order chi connectivity index (χ0) is 19.8. The Hall–Kier alpha value is -2.42. The predicted octanol–water partition coefficient (Wildman–Crippen LogP) is 4.28. The first-order valence-electron chi connectivity index (χ1n) is 9.51. The minimum Gasteiger partial charge on any atom is -0.493 e. The lowest BCUT2D eigenvalue weighted by molar-refractivity contribution is 0.311. The molecule has 0 amide bonds. The molecule has 0 bridgehead atoms. The summed E-state index contributed by atoms with van der Waals surface area (Å²) in [5, 5.41) is 6.67. The average Bonchev–Trinajstić information content (AvgIpc) is 3.27. The third-order valence-corrected chi connectivity index (χ3v) is 4.50. The maximum atomic E-state index is 5.64. The quantitative estimate of drug-likeness (QED) is 0.253. The summed E-state index contributed by atoms with van der Waals surface area (Å²) >= 11 is 0. The lowest BCUT2D eigenvalue weighted by Gasteiger charge is -2.19. The van der Waals surface area contributed by atoms with Gasteiger partial charge in [0.05, 0.1) is 13.7 Å². The number of benzene rings is 2. The van der Waals surface area contributed by atoms with Gasteiger partial charge in [0.2, 0.25) is 0 Å². The van der Waals surface area contributed by atoms with Crippen LogP contribution in [-0.2, 0) is 6.54 Å². The van der Waals surface area contributed by atoms with E-state index in [0.29, 0.717) is 30.6 Å². The van der Waals surface area contributed by atoms with Crippen molar-refractivity contribution < 1.29 is 9.47 Å². The van der Waals surface area contributed by atoms with Crippen molar-refractivity contribution in [3.63, 3.8) is 0 Å². The summed E-state index contributed by atoms with van der Waals surface area (Å²) in [6.45, 7) is 5.16. The van der Waals surface area contributed by atoms with Gasteiger partial charge in [-0.05, 0) is 36.8 Å². The van der Waals surface area contributed by atoms with E-state index < -0.39 is 0 Å². The van der Waals surface area contributed by atoms with E-state index in [4.69, 9.17) is 9.47 Å². The zero-order valence-electron chi connectivity index (χ0n) is 17.1. The van der Waals surface area contributed by atoms with Crippen LogP contribution in [0.15, 0.2) is 59.6 Å². The molecule has 7 heteroatoms. The Balaban J connectivity index is 0.00000300. The van der Waals surface area contributed by atoms with Gasteiger partial charge in [-0.3, -0.25) is 4.99 Å². The first-order valence-corrected chi connectivity index (χ1v) is 9.51. The van der Waals surface area contributed by atoms with Crippen LogP contribution in [-0.4, -0.2) is 39.8 Å². The summed E-state index contributed by atoms with van der Waals surface area (Å²) in [6, 6.07) is 14.3. The van der Waals surface area contributed by atoms with Gasteiger partial charge in [0.15, 0.2) is 17.5 Å². The molecule has 0 radical (unpaired) electrons. The molecule has 3 rings (SSSR count). The number of halogens is 1. The van der Waals surface area contributed by atoms with Crippen molar-refractivity contribution in [2.75, 3.05) is 44.1 Å². The van der Waals surface area contributed by atoms with Crippen molar-refractivity contribution in [1.29, 1.82) is 0 Å². The van der Waals surface area contributed by atoms with Gasteiger partial charge in [-0.25, -0.2) is 0 Å². The van der Waals surface area contributed by atoms with E-state index in [9.17, 15) is 0 Å². The van der Waals surface area contributed by atoms with E-state index in [0.717, 1.165) is 18.8 Å². The number of nitrogens with zero attached hydrogens (tertiary/aromatic N) is 2. The van der Waals surface area contributed by atoms with Crippen LogP contribution in [0.2, 0.25) is 0 Å².